The molecule has 3 rings (SSSR count). The molecule has 0 aromatic carbocycles. The summed E-state index contributed by atoms with van der Waals surface area (Å²) in [6, 6.07) is 0. The number of rotatable bonds is 2. The number of aromatic nitrogens is 2. The molecule has 0 radical (unpaired) electrons. The van der Waals surface area contributed by atoms with Crippen molar-refractivity contribution in [3.8, 4) is 0 Å². The Bertz CT molecular complexity index is 648. The molecule has 1 aliphatic carbocycles. The molecule has 2 amide bonds. The van der Waals surface area contributed by atoms with E-state index in [2.05, 4.69) is 15.3 Å². The van der Waals surface area contributed by atoms with Crippen LogP contribution in [0.4, 0.5) is 0 Å². The summed E-state index contributed by atoms with van der Waals surface area (Å²) in [6.45, 7) is 2.67. The molecule has 1 aromatic heterocycles. The maximum absolute atomic E-state index is 12.5. The zero-order chi connectivity index (χ0) is 15.0. The zero-order valence-corrected chi connectivity index (χ0v) is 11.9. The third-order valence-electron chi connectivity index (χ3n) is 3.85. The van der Waals surface area contributed by atoms with Crippen LogP contribution in [-0.4, -0.2) is 46.3 Å². The minimum atomic E-state index is -0.416. The Morgan fingerprint density at radius 2 is 2.10 bits per heavy atom. The van der Waals surface area contributed by atoms with Crippen molar-refractivity contribution in [2.24, 2.45) is 0 Å². The van der Waals surface area contributed by atoms with Crippen LogP contribution in [0.25, 0.3) is 0 Å². The van der Waals surface area contributed by atoms with Crippen molar-refractivity contribution in [3.05, 3.63) is 27.4 Å². The summed E-state index contributed by atoms with van der Waals surface area (Å²) < 4.78 is 0. The van der Waals surface area contributed by atoms with E-state index in [9.17, 15) is 14.4 Å². The van der Waals surface area contributed by atoms with Gasteiger partial charge in [-0.05, 0) is 26.2 Å². The largest absolute Gasteiger partial charge is 0.354 e. The van der Waals surface area contributed by atoms with E-state index in [-0.39, 0.29) is 18.0 Å². The number of carbonyl (C=O) groups is 2. The SMILES string of the molecule is Cc1nc(C2CC2)[nH]c(=O)c1C(=O)N1CCCNC(=O)C1. The van der Waals surface area contributed by atoms with Gasteiger partial charge in [0.05, 0.1) is 12.2 Å². The van der Waals surface area contributed by atoms with Gasteiger partial charge < -0.3 is 15.2 Å². The molecule has 0 unspecified atom stereocenters. The molecule has 2 N–H and O–H groups in total. The summed E-state index contributed by atoms with van der Waals surface area (Å²) in [7, 11) is 0. The van der Waals surface area contributed by atoms with E-state index in [0.717, 1.165) is 12.8 Å². The summed E-state index contributed by atoms with van der Waals surface area (Å²) in [6.07, 6.45) is 2.74. The zero-order valence-electron chi connectivity index (χ0n) is 11.9. The predicted molar refractivity (Wildman–Crippen MR) is 75.1 cm³/mol. The van der Waals surface area contributed by atoms with Crippen LogP contribution in [0.2, 0.25) is 0 Å². The van der Waals surface area contributed by atoms with Gasteiger partial charge in [0.15, 0.2) is 0 Å². The first kappa shape index (κ1) is 13.8. The molecule has 0 spiro atoms. The molecule has 0 atom stereocenters. The molecule has 7 nitrogen and oxygen atoms in total. The molecule has 1 aliphatic heterocycles. The van der Waals surface area contributed by atoms with Gasteiger partial charge in [-0.3, -0.25) is 14.4 Å². The summed E-state index contributed by atoms with van der Waals surface area (Å²) in [4.78, 5) is 44.7. The number of carbonyl (C=O) groups excluding carboxylic acids is 2. The first-order valence-corrected chi connectivity index (χ1v) is 7.23. The Hall–Kier alpha value is -2.18. The third kappa shape index (κ3) is 2.81. The fourth-order valence-corrected chi connectivity index (χ4v) is 2.55. The van der Waals surface area contributed by atoms with Crippen LogP contribution in [0, 0.1) is 6.92 Å². The number of aromatic amines is 1. The number of nitrogens with one attached hydrogen (secondary N) is 2. The molecular weight excluding hydrogens is 272 g/mol. The van der Waals surface area contributed by atoms with E-state index >= 15 is 0 Å². The van der Waals surface area contributed by atoms with Crippen LogP contribution < -0.4 is 10.9 Å². The number of nitrogens with zero attached hydrogens (tertiary/aromatic N) is 2. The van der Waals surface area contributed by atoms with Gasteiger partial charge in [0, 0.05) is 19.0 Å². The van der Waals surface area contributed by atoms with Crippen LogP contribution in [0.15, 0.2) is 4.79 Å². The maximum atomic E-state index is 12.5. The Morgan fingerprint density at radius 3 is 2.76 bits per heavy atom. The Labute approximate surface area is 121 Å². The monoisotopic (exact) mass is 290 g/mol. The fraction of sp³-hybridized carbons (Fsp3) is 0.571. The van der Waals surface area contributed by atoms with Crippen molar-refractivity contribution in [1.82, 2.24) is 20.2 Å². The highest BCUT2D eigenvalue weighted by molar-refractivity contribution is 5.97. The van der Waals surface area contributed by atoms with Crippen molar-refractivity contribution in [2.45, 2.75) is 32.1 Å². The summed E-state index contributed by atoms with van der Waals surface area (Å²) in [5.41, 5.74) is 0.0865. The lowest BCUT2D eigenvalue weighted by atomic mass is 10.2. The fourth-order valence-electron chi connectivity index (χ4n) is 2.55. The molecule has 112 valence electrons. The summed E-state index contributed by atoms with van der Waals surface area (Å²) in [5.74, 6) is 0.380. The molecule has 1 aromatic rings. The van der Waals surface area contributed by atoms with Crippen molar-refractivity contribution in [2.75, 3.05) is 19.6 Å². The minimum absolute atomic E-state index is 0.0118. The maximum Gasteiger partial charge on any atom is 0.264 e. The molecule has 1 saturated heterocycles. The van der Waals surface area contributed by atoms with Crippen LogP contribution in [-0.2, 0) is 4.79 Å². The van der Waals surface area contributed by atoms with Gasteiger partial charge in [0.2, 0.25) is 5.91 Å². The number of hydrogen-bond donors (Lipinski definition) is 2. The molecule has 2 aliphatic rings. The lowest BCUT2D eigenvalue weighted by Gasteiger charge is -2.19. The van der Waals surface area contributed by atoms with Crippen LogP contribution in [0.3, 0.4) is 0 Å². The normalized spacial score (nSPS) is 19.1. The van der Waals surface area contributed by atoms with E-state index in [1.807, 2.05) is 0 Å². The number of amides is 2. The Morgan fingerprint density at radius 1 is 1.33 bits per heavy atom. The average molecular weight is 290 g/mol. The van der Waals surface area contributed by atoms with Crippen molar-refractivity contribution in [1.29, 1.82) is 0 Å². The van der Waals surface area contributed by atoms with Gasteiger partial charge >= 0.3 is 0 Å². The number of aryl methyl sites for hydroxylation is 1. The van der Waals surface area contributed by atoms with Gasteiger partial charge in [-0.1, -0.05) is 0 Å². The van der Waals surface area contributed by atoms with Crippen LogP contribution >= 0.6 is 0 Å². The minimum Gasteiger partial charge on any atom is -0.354 e. The molecule has 7 heteroatoms. The van der Waals surface area contributed by atoms with Crippen LogP contribution in [0.1, 0.15) is 47.1 Å². The second-order valence-electron chi connectivity index (χ2n) is 5.62. The van der Waals surface area contributed by atoms with Crippen molar-refractivity contribution in [3.63, 3.8) is 0 Å². The van der Waals surface area contributed by atoms with Gasteiger partial charge in [0.25, 0.3) is 11.5 Å². The van der Waals surface area contributed by atoms with Gasteiger partial charge in [-0.25, -0.2) is 4.98 Å². The quantitative estimate of drug-likeness (QED) is 0.796. The lowest BCUT2D eigenvalue weighted by molar-refractivity contribution is -0.121. The van der Waals surface area contributed by atoms with E-state index in [4.69, 9.17) is 0 Å². The number of H-pyrrole nitrogens is 1. The van der Waals surface area contributed by atoms with Gasteiger partial charge in [0.1, 0.15) is 11.4 Å². The third-order valence-corrected chi connectivity index (χ3v) is 3.85. The van der Waals surface area contributed by atoms with Gasteiger partial charge in [-0.2, -0.15) is 0 Å². The summed E-state index contributed by atoms with van der Waals surface area (Å²) in [5, 5.41) is 2.71. The molecule has 1 saturated carbocycles. The van der Waals surface area contributed by atoms with Crippen molar-refractivity contribution < 1.29 is 9.59 Å². The molecule has 0 bridgehead atoms. The topological polar surface area (TPSA) is 95.2 Å². The molecular formula is C14H18N4O3. The second-order valence-corrected chi connectivity index (χ2v) is 5.62. The lowest BCUT2D eigenvalue weighted by Crippen LogP contribution is -2.40. The Kier molecular flexibility index (Phi) is 3.48. The second kappa shape index (κ2) is 5.31. The molecule has 2 fully saturated rings. The highest BCUT2D eigenvalue weighted by atomic mass is 16.2. The first-order valence-electron chi connectivity index (χ1n) is 7.23. The van der Waals surface area contributed by atoms with E-state index in [0.29, 0.717) is 36.9 Å². The van der Waals surface area contributed by atoms with Crippen molar-refractivity contribution >= 4 is 11.8 Å². The molecule has 21 heavy (non-hydrogen) atoms. The standard InChI is InChI=1S/C14H18N4O3/c1-8-11(13(20)17-12(16-8)9-3-4-9)14(21)18-6-2-5-15-10(19)7-18/h9H,2-7H2,1H3,(H,15,19)(H,16,17,20). The first-order chi connectivity index (χ1) is 10.1. The Balaban J connectivity index is 1.90. The van der Waals surface area contributed by atoms with E-state index in [1.54, 1.807) is 6.92 Å². The van der Waals surface area contributed by atoms with Gasteiger partial charge in [-0.15, -0.1) is 0 Å². The smallest absolute Gasteiger partial charge is 0.264 e. The highest BCUT2D eigenvalue weighted by Crippen LogP contribution is 2.37. The average Bonchev–Trinajstić information content (AvgIpc) is 3.24. The van der Waals surface area contributed by atoms with Crippen LogP contribution in [0.5, 0.6) is 0 Å². The molecule has 2 heterocycles. The highest BCUT2D eigenvalue weighted by Gasteiger charge is 2.29. The predicted octanol–water partition coefficient (Wildman–Crippen LogP) is -0.0822. The summed E-state index contributed by atoms with van der Waals surface area (Å²) >= 11 is 0. The number of hydrogen-bond acceptors (Lipinski definition) is 4. The van der Waals surface area contributed by atoms with E-state index in [1.165, 1.54) is 4.90 Å². The van der Waals surface area contributed by atoms with E-state index < -0.39 is 11.5 Å².